The zero-order chi connectivity index (χ0) is 13.3. The van der Waals surface area contributed by atoms with Crippen LogP contribution in [0.1, 0.15) is 37.4 Å². The molecule has 2 rings (SSSR count). The molecular weight excluding hydrogens is 383 g/mol. The van der Waals surface area contributed by atoms with Gasteiger partial charge in [-0.1, -0.05) is 6.42 Å². The van der Waals surface area contributed by atoms with Gasteiger partial charge in [0, 0.05) is 6.26 Å². The van der Waals surface area contributed by atoms with Crippen LogP contribution in [0, 0.1) is 8.80 Å². The lowest BCUT2D eigenvalue weighted by Gasteiger charge is -2.31. The van der Waals surface area contributed by atoms with Gasteiger partial charge in [0.2, 0.25) is 0 Å². The van der Waals surface area contributed by atoms with Crippen molar-refractivity contribution in [2.45, 2.75) is 37.0 Å². The van der Waals surface area contributed by atoms with E-state index in [-0.39, 0.29) is 11.2 Å². The lowest BCUT2D eigenvalue weighted by Crippen LogP contribution is -2.30. The standard InChI is InChI=1S/C12H17IO3S2/c1-18(15,16)10-4-2-3-8(5-10)12(14)9-6-11(13)17-7-9/h6-8,10,12,14H,2-5H2,1H3. The van der Waals surface area contributed by atoms with E-state index >= 15 is 0 Å². The van der Waals surface area contributed by atoms with Gasteiger partial charge in [0.15, 0.2) is 0 Å². The maximum absolute atomic E-state index is 11.6. The van der Waals surface area contributed by atoms with Crippen molar-refractivity contribution in [1.29, 1.82) is 0 Å². The number of hydrogen-bond acceptors (Lipinski definition) is 4. The van der Waals surface area contributed by atoms with Crippen molar-refractivity contribution < 1.29 is 13.5 Å². The molecule has 1 aromatic heterocycles. The van der Waals surface area contributed by atoms with Crippen LogP contribution in [0.3, 0.4) is 0 Å². The first kappa shape index (κ1) is 14.7. The number of aliphatic hydroxyl groups excluding tert-OH is 1. The highest BCUT2D eigenvalue weighted by Crippen LogP contribution is 2.38. The van der Waals surface area contributed by atoms with E-state index in [1.807, 2.05) is 11.4 Å². The topological polar surface area (TPSA) is 54.4 Å². The number of rotatable bonds is 3. The zero-order valence-corrected chi connectivity index (χ0v) is 14.0. The lowest BCUT2D eigenvalue weighted by atomic mass is 9.83. The molecule has 1 fully saturated rings. The fourth-order valence-electron chi connectivity index (χ4n) is 2.61. The summed E-state index contributed by atoms with van der Waals surface area (Å²) in [6, 6.07) is 1.99. The quantitative estimate of drug-likeness (QED) is 0.794. The molecule has 0 saturated heterocycles. The molecule has 1 N–H and O–H groups in total. The fraction of sp³-hybridized carbons (Fsp3) is 0.667. The summed E-state index contributed by atoms with van der Waals surface area (Å²) in [6.45, 7) is 0. The number of sulfone groups is 1. The Bertz CT molecular complexity index is 509. The summed E-state index contributed by atoms with van der Waals surface area (Å²) in [5.41, 5.74) is 0.934. The van der Waals surface area contributed by atoms with E-state index in [9.17, 15) is 13.5 Å². The predicted molar refractivity (Wildman–Crippen MR) is 82.6 cm³/mol. The van der Waals surface area contributed by atoms with E-state index in [2.05, 4.69) is 22.6 Å². The Labute approximate surface area is 126 Å². The van der Waals surface area contributed by atoms with Crippen LogP contribution in [-0.2, 0) is 9.84 Å². The molecular formula is C12H17IO3S2. The van der Waals surface area contributed by atoms with Crippen LogP contribution in [0.2, 0.25) is 0 Å². The average Bonchev–Trinajstić information content (AvgIpc) is 2.74. The van der Waals surface area contributed by atoms with Crippen molar-refractivity contribution in [3.63, 3.8) is 0 Å². The monoisotopic (exact) mass is 400 g/mol. The highest BCUT2D eigenvalue weighted by atomic mass is 127. The van der Waals surface area contributed by atoms with E-state index in [1.54, 1.807) is 11.3 Å². The molecule has 3 atom stereocenters. The van der Waals surface area contributed by atoms with Crippen LogP contribution >= 0.6 is 33.9 Å². The summed E-state index contributed by atoms with van der Waals surface area (Å²) in [7, 11) is -2.98. The van der Waals surface area contributed by atoms with Gasteiger partial charge in [0.1, 0.15) is 9.84 Å². The lowest BCUT2D eigenvalue weighted by molar-refractivity contribution is 0.0860. The third-order valence-corrected chi connectivity index (χ3v) is 7.09. The van der Waals surface area contributed by atoms with Gasteiger partial charge in [0.05, 0.1) is 14.2 Å². The molecule has 18 heavy (non-hydrogen) atoms. The van der Waals surface area contributed by atoms with E-state index in [4.69, 9.17) is 0 Å². The normalized spacial score (nSPS) is 27.1. The molecule has 1 heterocycles. The molecule has 3 unspecified atom stereocenters. The fourth-order valence-corrected chi connectivity index (χ4v) is 5.20. The number of halogens is 1. The van der Waals surface area contributed by atoms with Crippen molar-refractivity contribution in [1.82, 2.24) is 0 Å². The van der Waals surface area contributed by atoms with E-state index < -0.39 is 15.9 Å². The molecule has 1 saturated carbocycles. The Morgan fingerprint density at radius 3 is 2.78 bits per heavy atom. The van der Waals surface area contributed by atoms with Gasteiger partial charge in [0.25, 0.3) is 0 Å². The SMILES string of the molecule is CS(=O)(=O)C1CCCC(C(O)c2csc(I)c2)C1. The first-order valence-corrected chi connectivity index (χ1v) is 9.90. The molecule has 1 aliphatic rings. The first-order valence-electron chi connectivity index (χ1n) is 5.99. The van der Waals surface area contributed by atoms with Crippen LogP contribution in [0.4, 0.5) is 0 Å². The summed E-state index contributed by atoms with van der Waals surface area (Å²) in [6.07, 6.45) is 3.92. The Morgan fingerprint density at radius 1 is 1.50 bits per heavy atom. The summed E-state index contributed by atoms with van der Waals surface area (Å²) in [4.78, 5) is 0. The van der Waals surface area contributed by atoms with Crippen LogP contribution in [0.15, 0.2) is 11.4 Å². The minimum absolute atomic E-state index is 0.0730. The number of thiophene rings is 1. The molecule has 1 aromatic rings. The van der Waals surface area contributed by atoms with E-state index in [1.165, 1.54) is 6.26 Å². The summed E-state index contributed by atoms with van der Waals surface area (Å²) in [5, 5.41) is 12.0. The summed E-state index contributed by atoms with van der Waals surface area (Å²) in [5.74, 6) is 0.0730. The highest BCUT2D eigenvalue weighted by molar-refractivity contribution is 14.1. The molecule has 1 aliphatic carbocycles. The van der Waals surface area contributed by atoms with Gasteiger partial charge in [-0.25, -0.2) is 8.42 Å². The van der Waals surface area contributed by atoms with Crippen LogP contribution in [-0.4, -0.2) is 25.0 Å². The van der Waals surface area contributed by atoms with Crippen LogP contribution < -0.4 is 0 Å². The van der Waals surface area contributed by atoms with Crippen molar-refractivity contribution >= 4 is 43.8 Å². The third-order valence-electron chi connectivity index (χ3n) is 3.65. The second kappa shape index (κ2) is 5.76. The minimum Gasteiger partial charge on any atom is -0.388 e. The van der Waals surface area contributed by atoms with Crippen molar-refractivity contribution in [3.05, 3.63) is 19.9 Å². The Balaban J connectivity index is 2.09. The molecule has 0 aliphatic heterocycles. The maximum Gasteiger partial charge on any atom is 0.150 e. The van der Waals surface area contributed by atoms with E-state index in [0.29, 0.717) is 6.42 Å². The molecule has 0 amide bonds. The van der Waals surface area contributed by atoms with Crippen molar-refractivity contribution in [3.8, 4) is 0 Å². The summed E-state index contributed by atoms with van der Waals surface area (Å²) >= 11 is 3.84. The molecule has 3 nitrogen and oxygen atoms in total. The first-order chi connectivity index (χ1) is 8.38. The van der Waals surface area contributed by atoms with Gasteiger partial charge in [-0.05, 0) is 64.8 Å². The highest BCUT2D eigenvalue weighted by Gasteiger charge is 2.33. The molecule has 0 radical (unpaired) electrons. The van der Waals surface area contributed by atoms with Gasteiger partial charge >= 0.3 is 0 Å². The number of hydrogen-bond donors (Lipinski definition) is 1. The van der Waals surface area contributed by atoms with Crippen LogP contribution in [0.25, 0.3) is 0 Å². The maximum atomic E-state index is 11.6. The smallest absolute Gasteiger partial charge is 0.150 e. The minimum atomic E-state index is -2.98. The number of aliphatic hydroxyl groups is 1. The molecule has 0 bridgehead atoms. The Morgan fingerprint density at radius 2 is 2.22 bits per heavy atom. The second-order valence-electron chi connectivity index (χ2n) is 5.01. The van der Waals surface area contributed by atoms with E-state index in [0.717, 1.165) is 27.7 Å². The predicted octanol–water partition coefficient (Wildman–Crippen LogP) is 2.99. The van der Waals surface area contributed by atoms with Crippen molar-refractivity contribution in [2.24, 2.45) is 5.92 Å². The van der Waals surface area contributed by atoms with Crippen LogP contribution in [0.5, 0.6) is 0 Å². The zero-order valence-electron chi connectivity index (χ0n) is 10.2. The molecule has 6 heteroatoms. The molecule has 0 spiro atoms. The third kappa shape index (κ3) is 3.46. The van der Waals surface area contributed by atoms with Gasteiger partial charge in [-0.3, -0.25) is 0 Å². The Kier molecular flexibility index (Phi) is 4.72. The second-order valence-corrected chi connectivity index (χ2v) is 10.1. The summed E-state index contributed by atoms with van der Waals surface area (Å²) < 4.78 is 24.4. The largest absolute Gasteiger partial charge is 0.388 e. The van der Waals surface area contributed by atoms with Gasteiger partial charge < -0.3 is 5.11 Å². The average molecular weight is 400 g/mol. The molecule has 102 valence electrons. The molecule has 0 aromatic carbocycles. The van der Waals surface area contributed by atoms with Gasteiger partial charge in [-0.2, -0.15) is 0 Å². The Hall–Kier alpha value is 0.340. The van der Waals surface area contributed by atoms with Gasteiger partial charge in [-0.15, -0.1) is 11.3 Å². The van der Waals surface area contributed by atoms with Crippen molar-refractivity contribution in [2.75, 3.05) is 6.26 Å².